The molecule has 0 saturated carbocycles. The molecular weight excluding hydrogens is 216 g/mol. The van der Waals surface area contributed by atoms with E-state index in [1.54, 1.807) is 0 Å². The third-order valence-electron chi connectivity index (χ3n) is 3.58. The van der Waals surface area contributed by atoms with Gasteiger partial charge in [0.25, 0.3) is 0 Å². The van der Waals surface area contributed by atoms with Gasteiger partial charge in [0.2, 0.25) is 0 Å². The molecule has 0 aromatic heterocycles. The number of piperazine rings is 1. The predicted molar refractivity (Wildman–Crippen MR) is 75.3 cm³/mol. The van der Waals surface area contributed by atoms with Crippen LogP contribution in [0.5, 0.6) is 0 Å². The minimum Gasteiger partial charge on any atom is -0.311 e. The van der Waals surface area contributed by atoms with E-state index in [-0.39, 0.29) is 0 Å². The van der Waals surface area contributed by atoms with Crippen LogP contribution in [0.1, 0.15) is 34.6 Å². The molecule has 0 aromatic carbocycles. The number of nitrogens with zero attached hydrogens (tertiary/aromatic N) is 1. The highest BCUT2D eigenvalue weighted by molar-refractivity contribution is 7.99. The van der Waals surface area contributed by atoms with Gasteiger partial charge in [-0.05, 0) is 25.5 Å². The van der Waals surface area contributed by atoms with Crippen molar-refractivity contribution in [2.75, 3.05) is 24.6 Å². The van der Waals surface area contributed by atoms with Gasteiger partial charge >= 0.3 is 0 Å². The molecule has 1 N–H and O–H groups in total. The smallest absolute Gasteiger partial charge is 0.0218 e. The number of thioether (sulfide) groups is 1. The fraction of sp³-hybridized carbons (Fsp3) is 1.00. The Hall–Kier alpha value is 0.270. The Bertz CT molecular complexity index is 196. The van der Waals surface area contributed by atoms with Crippen LogP contribution in [0, 0.1) is 5.92 Å². The normalized spacial score (nSPS) is 29.6. The van der Waals surface area contributed by atoms with Gasteiger partial charge in [-0.15, -0.1) is 0 Å². The molecule has 1 fully saturated rings. The standard InChI is InChI=1S/C13H28N2S/c1-6-16-9-12(5)15-8-13(10(2)3)14-7-11(15)4/h10-14H,6-9H2,1-5H3. The van der Waals surface area contributed by atoms with Crippen molar-refractivity contribution in [1.29, 1.82) is 0 Å². The van der Waals surface area contributed by atoms with Gasteiger partial charge in [-0.25, -0.2) is 0 Å². The Kier molecular flexibility index (Phi) is 6.16. The first-order valence-corrected chi connectivity index (χ1v) is 7.78. The Morgan fingerprint density at radius 2 is 2.06 bits per heavy atom. The summed E-state index contributed by atoms with van der Waals surface area (Å²) < 4.78 is 0. The number of nitrogens with one attached hydrogen (secondary N) is 1. The van der Waals surface area contributed by atoms with Crippen molar-refractivity contribution >= 4 is 11.8 Å². The zero-order valence-corrected chi connectivity index (χ0v) is 12.3. The van der Waals surface area contributed by atoms with Crippen LogP contribution >= 0.6 is 11.8 Å². The summed E-state index contributed by atoms with van der Waals surface area (Å²) >= 11 is 2.06. The molecule has 1 heterocycles. The van der Waals surface area contributed by atoms with Crippen LogP contribution in [-0.4, -0.2) is 47.6 Å². The highest BCUT2D eigenvalue weighted by Crippen LogP contribution is 2.17. The Balaban J connectivity index is 2.48. The minimum absolute atomic E-state index is 0.672. The van der Waals surface area contributed by atoms with Crippen molar-refractivity contribution in [3.8, 4) is 0 Å². The number of rotatable bonds is 5. The molecule has 1 rings (SSSR count). The molecule has 3 heteroatoms. The molecule has 16 heavy (non-hydrogen) atoms. The first-order valence-electron chi connectivity index (χ1n) is 6.63. The first-order chi connectivity index (χ1) is 7.56. The quantitative estimate of drug-likeness (QED) is 0.800. The van der Waals surface area contributed by atoms with Crippen LogP contribution in [0.25, 0.3) is 0 Å². The van der Waals surface area contributed by atoms with E-state index in [9.17, 15) is 0 Å². The molecular formula is C13H28N2S. The molecule has 2 nitrogen and oxygen atoms in total. The average molecular weight is 244 g/mol. The van der Waals surface area contributed by atoms with Gasteiger partial charge in [0.05, 0.1) is 0 Å². The molecule has 96 valence electrons. The lowest BCUT2D eigenvalue weighted by Crippen LogP contribution is -2.59. The van der Waals surface area contributed by atoms with Gasteiger partial charge in [-0.2, -0.15) is 11.8 Å². The summed E-state index contributed by atoms with van der Waals surface area (Å²) in [6.07, 6.45) is 0. The summed E-state index contributed by atoms with van der Waals surface area (Å²) in [4.78, 5) is 2.68. The topological polar surface area (TPSA) is 15.3 Å². The second-order valence-corrected chi connectivity index (χ2v) is 6.63. The molecule has 1 aliphatic heterocycles. The van der Waals surface area contributed by atoms with Gasteiger partial charge in [-0.3, -0.25) is 4.90 Å². The van der Waals surface area contributed by atoms with E-state index >= 15 is 0 Å². The molecule has 1 saturated heterocycles. The lowest BCUT2D eigenvalue weighted by Gasteiger charge is -2.43. The average Bonchev–Trinajstić information content (AvgIpc) is 2.26. The van der Waals surface area contributed by atoms with Crippen molar-refractivity contribution < 1.29 is 0 Å². The number of hydrogen-bond donors (Lipinski definition) is 1. The maximum absolute atomic E-state index is 3.66. The van der Waals surface area contributed by atoms with Gasteiger partial charge in [0.1, 0.15) is 0 Å². The largest absolute Gasteiger partial charge is 0.311 e. The van der Waals surface area contributed by atoms with E-state index in [1.807, 2.05) is 0 Å². The van der Waals surface area contributed by atoms with Gasteiger partial charge in [-0.1, -0.05) is 20.8 Å². The fourth-order valence-electron chi connectivity index (χ4n) is 2.36. The van der Waals surface area contributed by atoms with Crippen molar-refractivity contribution in [3.63, 3.8) is 0 Å². The molecule has 1 aliphatic rings. The van der Waals surface area contributed by atoms with E-state index < -0.39 is 0 Å². The molecule has 0 amide bonds. The monoisotopic (exact) mass is 244 g/mol. The van der Waals surface area contributed by atoms with E-state index in [0.29, 0.717) is 18.1 Å². The highest BCUT2D eigenvalue weighted by atomic mass is 32.2. The third-order valence-corrected chi connectivity index (χ3v) is 4.71. The zero-order chi connectivity index (χ0) is 12.1. The van der Waals surface area contributed by atoms with Crippen molar-refractivity contribution in [1.82, 2.24) is 10.2 Å². The van der Waals surface area contributed by atoms with Crippen molar-refractivity contribution in [2.24, 2.45) is 5.92 Å². The first kappa shape index (κ1) is 14.3. The molecule has 0 bridgehead atoms. The number of hydrogen-bond acceptors (Lipinski definition) is 3. The van der Waals surface area contributed by atoms with Crippen molar-refractivity contribution in [2.45, 2.75) is 52.7 Å². The van der Waals surface area contributed by atoms with E-state index in [2.05, 4.69) is 56.6 Å². The summed E-state index contributed by atoms with van der Waals surface area (Å²) in [5, 5.41) is 3.66. The van der Waals surface area contributed by atoms with E-state index in [4.69, 9.17) is 0 Å². The van der Waals surface area contributed by atoms with Crippen LogP contribution in [0.3, 0.4) is 0 Å². The molecule has 3 atom stereocenters. The van der Waals surface area contributed by atoms with E-state index in [0.717, 1.165) is 12.5 Å². The summed E-state index contributed by atoms with van der Waals surface area (Å²) in [5.41, 5.74) is 0. The molecule has 0 radical (unpaired) electrons. The molecule has 0 aromatic rings. The molecule has 0 aliphatic carbocycles. The maximum Gasteiger partial charge on any atom is 0.0218 e. The Morgan fingerprint density at radius 3 is 2.62 bits per heavy atom. The molecule has 3 unspecified atom stereocenters. The van der Waals surface area contributed by atoms with E-state index in [1.165, 1.54) is 18.1 Å². The second kappa shape index (κ2) is 6.87. The van der Waals surface area contributed by atoms with Crippen LogP contribution < -0.4 is 5.32 Å². The highest BCUT2D eigenvalue weighted by Gasteiger charge is 2.29. The third kappa shape index (κ3) is 3.94. The SMILES string of the molecule is CCSCC(C)N1CC(C(C)C)NCC1C. The van der Waals surface area contributed by atoms with Gasteiger partial charge in [0, 0.05) is 37.0 Å². The lowest BCUT2D eigenvalue weighted by atomic mass is 9.99. The predicted octanol–water partition coefficient (Wildman–Crippen LogP) is 2.45. The van der Waals surface area contributed by atoms with Gasteiger partial charge < -0.3 is 5.32 Å². The van der Waals surface area contributed by atoms with Gasteiger partial charge in [0.15, 0.2) is 0 Å². The summed E-state index contributed by atoms with van der Waals surface area (Å²) in [6, 6.07) is 2.07. The Labute approximate surface area is 106 Å². The van der Waals surface area contributed by atoms with Crippen LogP contribution in [0.15, 0.2) is 0 Å². The summed E-state index contributed by atoms with van der Waals surface area (Å²) in [5.74, 6) is 3.24. The van der Waals surface area contributed by atoms with Crippen LogP contribution in [0.4, 0.5) is 0 Å². The lowest BCUT2D eigenvalue weighted by molar-refractivity contribution is 0.0946. The Morgan fingerprint density at radius 1 is 1.38 bits per heavy atom. The van der Waals surface area contributed by atoms with Crippen LogP contribution in [-0.2, 0) is 0 Å². The second-order valence-electron chi connectivity index (χ2n) is 5.31. The molecule has 0 spiro atoms. The summed E-state index contributed by atoms with van der Waals surface area (Å²) in [6.45, 7) is 14.0. The summed E-state index contributed by atoms with van der Waals surface area (Å²) in [7, 11) is 0. The fourth-order valence-corrected chi connectivity index (χ4v) is 3.12. The maximum atomic E-state index is 3.66. The van der Waals surface area contributed by atoms with Crippen molar-refractivity contribution in [3.05, 3.63) is 0 Å². The van der Waals surface area contributed by atoms with Crippen LogP contribution in [0.2, 0.25) is 0 Å². The minimum atomic E-state index is 0.672. The zero-order valence-electron chi connectivity index (χ0n) is 11.5.